The molecule has 1 N–H and O–H groups in total. The zero-order valence-corrected chi connectivity index (χ0v) is 15.7. The predicted octanol–water partition coefficient (Wildman–Crippen LogP) is 4.51. The molecular weight excluding hydrogens is 374 g/mol. The lowest BCUT2D eigenvalue weighted by Crippen LogP contribution is -2.31. The third-order valence-electron chi connectivity index (χ3n) is 4.47. The van der Waals surface area contributed by atoms with Crippen LogP contribution in [0.15, 0.2) is 66.7 Å². The van der Waals surface area contributed by atoms with Gasteiger partial charge in [-0.25, -0.2) is 8.78 Å². The summed E-state index contributed by atoms with van der Waals surface area (Å²) >= 11 is 0. The average Bonchev–Trinajstić information content (AvgIpc) is 2.75. The highest BCUT2D eigenvalue weighted by Crippen LogP contribution is 2.29. The van der Waals surface area contributed by atoms with Crippen LogP contribution in [-0.4, -0.2) is 13.0 Å². The molecule has 0 heterocycles. The number of amides is 1. The first-order chi connectivity index (χ1) is 14.0. The lowest BCUT2D eigenvalue weighted by Gasteiger charge is -2.18. The standard InChI is InChI=1S/C23H18F2N2O2/c1-29-22(23(28)27-14-16-9-7-15(13-26)8-10-16)21-19(24)11-18(12-20(21)25)17-5-3-2-4-6-17/h2-12,22H,14H2,1H3,(H,27,28). The maximum atomic E-state index is 14.7. The predicted molar refractivity (Wildman–Crippen MR) is 105 cm³/mol. The van der Waals surface area contributed by atoms with Gasteiger partial charge in [-0.2, -0.15) is 5.26 Å². The first-order valence-corrected chi connectivity index (χ1v) is 8.87. The summed E-state index contributed by atoms with van der Waals surface area (Å²) in [4.78, 5) is 12.5. The van der Waals surface area contributed by atoms with E-state index in [1.165, 1.54) is 19.2 Å². The summed E-state index contributed by atoms with van der Waals surface area (Å²) in [6.45, 7) is 0.135. The van der Waals surface area contributed by atoms with Crippen molar-refractivity contribution >= 4 is 5.91 Å². The second-order valence-corrected chi connectivity index (χ2v) is 6.36. The van der Waals surface area contributed by atoms with Gasteiger partial charge in [-0.05, 0) is 41.0 Å². The van der Waals surface area contributed by atoms with E-state index in [1.54, 1.807) is 48.5 Å². The van der Waals surface area contributed by atoms with E-state index in [9.17, 15) is 13.6 Å². The largest absolute Gasteiger partial charge is 0.367 e. The zero-order valence-electron chi connectivity index (χ0n) is 15.7. The molecule has 29 heavy (non-hydrogen) atoms. The van der Waals surface area contributed by atoms with E-state index in [0.29, 0.717) is 16.7 Å². The van der Waals surface area contributed by atoms with Crippen LogP contribution in [0.4, 0.5) is 8.78 Å². The van der Waals surface area contributed by atoms with E-state index in [-0.39, 0.29) is 6.54 Å². The third-order valence-corrected chi connectivity index (χ3v) is 4.47. The van der Waals surface area contributed by atoms with Crippen LogP contribution in [0.5, 0.6) is 0 Å². The number of benzene rings is 3. The number of carbonyl (C=O) groups excluding carboxylic acids is 1. The van der Waals surface area contributed by atoms with Gasteiger partial charge in [0.25, 0.3) is 5.91 Å². The summed E-state index contributed by atoms with van der Waals surface area (Å²) in [6.07, 6.45) is -1.43. The molecule has 0 saturated heterocycles. The summed E-state index contributed by atoms with van der Waals surface area (Å²) in [5, 5.41) is 11.4. The SMILES string of the molecule is COC(C(=O)NCc1ccc(C#N)cc1)c1c(F)cc(-c2ccccc2)cc1F. The van der Waals surface area contributed by atoms with E-state index >= 15 is 0 Å². The molecule has 146 valence electrons. The van der Waals surface area contributed by atoms with E-state index in [2.05, 4.69) is 5.32 Å². The van der Waals surface area contributed by atoms with Crippen LogP contribution in [0, 0.1) is 23.0 Å². The smallest absolute Gasteiger partial charge is 0.254 e. The van der Waals surface area contributed by atoms with Crippen molar-refractivity contribution in [3.63, 3.8) is 0 Å². The summed E-state index contributed by atoms with van der Waals surface area (Å²) in [5.41, 5.74) is 1.84. The number of halogens is 2. The Bertz CT molecular complexity index is 1020. The van der Waals surface area contributed by atoms with E-state index in [4.69, 9.17) is 10.00 Å². The van der Waals surface area contributed by atoms with Gasteiger partial charge < -0.3 is 10.1 Å². The molecule has 6 heteroatoms. The lowest BCUT2D eigenvalue weighted by atomic mass is 10.00. The van der Waals surface area contributed by atoms with Crippen molar-refractivity contribution in [1.29, 1.82) is 5.26 Å². The molecule has 0 aromatic heterocycles. The van der Waals surface area contributed by atoms with Gasteiger partial charge in [0.2, 0.25) is 0 Å². The molecule has 1 amide bonds. The fraction of sp³-hybridized carbons (Fsp3) is 0.130. The summed E-state index contributed by atoms with van der Waals surface area (Å²) in [6, 6.07) is 19.8. The molecule has 1 unspecified atom stereocenters. The number of rotatable bonds is 6. The molecule has 0 radical (unpaired) electrons. The van der Waals surface area contributed by atoms with Crippen LogP contribution in [0.2, 0.25) is 0 Å². The maximum absolute atomic E-state index is 14.7. The molecular formula is C23H18F2N2O2. The van der Waals surface area contributed by atoms with Crippen LogP contribution in [0.1, 0.15) is 22.8 Å². The number of nitrogens with zero attached hydrogens (tertiary/aromatic N) is 1. The highest BCUT2D eigenvalue weighted by molar-refractivity contribution is 5.82. The molecule has 3 aromatic rings. The van der Waals surface area contributed by atoms with Crippen LogP contribution in [0.25, 0.3) is 11.1 Å². The number of ether oxygens (including phenoxy) is 1. The minimum atomic E-state index is -1.43. The first kappa shape index (κ1) is 20.2. The van der Waals surface area contributed by atoms with Gasteiger partial charge in [0.05, 0.1) is 17.2 Å². The normalized spacial score (nSPS) is 11.5. The van der Waals surface area contributed by atoms with Gasteiger partial charge >= 0.3 is 0 Å². The molecule has 0 bridgehead atoms. The van der Waals surface area contributed by atoms with Crippen LogP contribution < -0.4 is 5.32 Å². The number of hydrogen-bond acceptors (Lipinski definition) is 3. The van der Waals surface area contributed by atoms with Crippen molar-refractivity contribution in [2.24, 2.45) is 0 Å². The minimum Gasteiger partial charge on any atom is -0.367 e. The molecule has 0 fully saturated rings. The number of nitriles is 1. The molecule has 0 spiro atoms. The highest BCUT2D eigenvalue weighted by Gasteiger charge is 2.27. The monoisotopic (exact) mass is 392 g/mol. The van der Waals surface area contributed by atoms with E-state index in [1.807, 2.05) is 12.1 Å². The molecule has 4 nitrogen and oxygen atoms in total. The van der Waals surface area contributed by atoms with Crippen molar-refractivity contribution in [3.05, 3.63) is 95.1 Å². The Labute approximate surface area is 167 Å². The third kappa shape index (κ3) is 4.65. The fourth-order valence-corrected chi connectivity index (χ4v) is 2.97. The van der Waals surface area contributed by atoms with Crippen molar-refractivity contribution in [2.45, 2.75) is 12.6 Å². The number of hydrogen-bond donors (Lipinski definition) is 1. The highest BCUT2D eigenvalue weighted by atomic mass is 19.1. The average molecular weight is 392 g/mol. The van der Waals surface area contributed by atoms with Crippen LogP contribution >= 0.6 is 0 Å². The van der Waals surface area contributed by atoms with Crippen LogP contribution in [-0.2, 0) is 16.1 Å². The van der Waals surface area contributed by atoms with E-state index < -0.39 is 29.2 Å². The first-order valence-electron chi connectivity index (χ1n) is 8.87. The molecule has 0 aliphatic heterocycles. The number of carbonyl (C=O) groups is 1. The number of nitrogens with one attached hydrogen (secondary N) is 1. The minimum absolute atomic E-state index is 0.135. The Morgan fingerprint density at radius 2 is 1.66 bits per heavy atom. The Morgan fingerprint density at radius 1 is 1.03 bits per heavy atom. The zero-order chi connectivity index (χ0) is 20.8. The summed E-state index contributed by atoms with van der Waals surface area (Å²) in [5.74, 6) is -2.38. The Hall–Kier alpha value is -3.56. The van der Waals surface area contributed by atoms with Crippen molar-refractivity contribution in [2.75, 3.05) is 7.11 Å². The van der Waals surface area contributed by atoms with Gasteiger partial charge in [0, 0.05) is 13.7 Å². The molecule has 0 aliphatic carbocycles. The molecule has 0 aliphatic rings. The van der Waals surface area contributed by atoms with Gasteiger partial charge in [-0.3, -0.25) is 4.79 Å². The van der Waals surface area contributed by atoms with Crippen molar-refractivity contribution in [3.8, 4) is 17.2 Å². The lowest BCUT2D eigenvalue weighted by molar-refractivity contribution is -0.131. The maximum Gasteiger partial charge on any atom is 0.254 e. The van der Waals surface area contributed by atoms with Crippen LogP contribution in [0.3, 0.4) is 0 Å². The van der Waals surface area contributed by atoms with Gasteiger partial charge in [0.1, 0.15) is 11.6 Å². The Morgan fingerprint density at radius 3 is 2.21 bits per heavy atom. The number of methoxy groups -OCH3 is 1. The topological polar surface area (TPSA) is 62.1 Å². The molecule has 1 atom stereocenters. The second kappa shape index (κ2) is 9.09. The van der Waals surface area contributed by atoms with E-state index in [0.717, 1.165) is 5.56 Å². The molecule has 3 rings (SSSR count). The summed E-state index contributed by atoms with van der Waals surface area (Å²) < 4.78 is 34.5. The second-order valence-electron chi connectivity index (χ2n) is 6.36. The summed E-state index contributed by atoms with van der Waals surface area (Å²) in [7, 11) is 1.22. The molecule has 0 saturated carbocycles. The van der Waals surface area contributed by atoms with Gasteiger partial charge in [-0.15, -0.1) is 0 Å². The molecule has 3 aromatic carbocycles. The van der Waals surface area contributed by atoms with Gasteiger partial charge in [0.15, 0.2) is 6.10 Å². The fourth-order valence-electron chi connectivity index (χ4n) is 2.97. The Balaban J connectivity index is 1.79. The van der Waals surface area contributed by atoms with Crippen molar-refractivity contribution in [1.82, 2.24) is 5.32 Å². The Kier molecular flexibility index (Phi) is 6.32. The quantitative estimate of drug-likeness (QED) is 0.672. The van der Waals surface area contributed by atoms with Crippen molar-refractivity contribution < 1.29 is 18.3 Å². The van der Waals surface area contributed by atoms with Gasteiger partial charge in [-0.1, -0.05) is 42.5 Å².